The zero-order valence-corrected chi connectivity index (χ0v) is 12.5. The molecule has 0 bridgehead atoms. The summed E-state index contributed by atoms with van der Waals surface area (Å²) in [5, 5.41) is 0. The van der Waals surface area contributed by atoms with Crippen LogP contribution < -0.4 is 0 Å². The lowest BCUT2D eigenvalue weighted by Gasteiger charge is -2.37. The second-order valence-electron chi connectivity index (χ2n) is 5.97. The first kappa shape index (κ1) is 15.7. The molecule has 0 unspecified atom stereocenters. The van der Waals surface area contributed by atoms with E-state index in [0.29, 0.717) is 12.2 Å². The molecule has 0 atom stereocenters. The molecule has 0 spiro atoms. The molecule has 0 amide bonds. The number of hydrogen-bond donors (Lipinski definition) is 0. The van der Waals surface area contributed by atoms with Crippen LogP contribution in [0.15, 0.2) is 0 Å². The molecule has 0 aromatic carbocycles. The third kappa shape index (κ3) is 4.38. The summed E-state index contributed by atoms with van der Waals surface area (Å²) in [6.45, 7) is 4.49. The molecular formula is C16H30O2. The number of ketones is 1. The van der Waals surface area contributed by atoms with Crippen LogP contribution in [0.1, 0.15) is 78.1 Å². The molecule has 2 nitrogen and oxygen atoms in total. The smallest absolute Gasteiger partial charge is 0.164 e. The summed E-state index contributed by atoms with van der Waals surface area (Å²) in [4.78, 5) is 12.4. The van der Waals surface area contributed by atoms with E-state index < -0.39 is 5.60 Å². The molecule has 1 rings (SSSR count). The van der Waals surface area contributed by atoms with Gasteiger partial charge in [-0.3, -0.25) is 4.79 Å². The lowest BCUT2D eigenvalue weighted by Crippen LogP contribution is -2.43. The van der Waals surface area contributed by atoms with Crippen LogP contribution in [-0.2, 0) is 9.53 Å². The van der Waals surface area contributed by atoms with Gasteiger partial charge in [-0.2, -0.15) is 0 Å². The molecule has 106 valence electrons. The maximum Gasteiger partial charge on any atom is 0.164 e. The molecule has 0 radical (unpaired) electrons. The SMILES string of the molecule is CCCCCCCC(=O)C1(OC)CCC(C)CC1. The number of methoxy groups -OCH3 is 1. The first-order chi connectivity index (χ1) is 8.64. The number of carbonyl (C=O) groups is 1. The fraction of sp³-hybridized carbons (Fsp3) is 0.938. The van der Waals surface area contributed by atoms with Gasteiger partial charge in [-0.25, -0.2) is 0 Å². The number of rotatable bonds is 8. The predicted molar refractivity (Wildman–Crippen MR) is 75.8 cm³/mol. The molecule has 0 heterocycles. The Hall–Kier alpha value is -0.370. The quantitative estimate of drug-likeness (QED) is 0.596. The Kier molecular flexibility index (Phi) is 6.91. The van der Waals surface area contributed by atoms with E-state index in [2.05, 4.69) is 13.8 Å². The normalized spacial score (nSPS) is 28.3. The van der Waals surface area contributed by atoms with Crippen molar-refractivity contribution in [2.24, 2.45) is 5.92 Å². The zero-order chi connectivity index (χ0) is 13.4. The molecule has 0 aromatic heterocycles. The fourth-order valence-electron chi connectivity index (χ4n) is 2.94. The van der Waals surface area contributed by atoms with Crippen LogP contribution in [0.25, 0.3) is 0 Å². The van der Waals surface area contributed by atoms with Crippen LogP contribution >= 0.6 is 0 Å². The molecule has 0 N–H and O–H groups in total. The van der Waals surface area contributed by atoms with Gasteiger partial charge in [-0.05, 0) is 38.0 Å². The molecule has 1 aliphatic carbocycles. The van der Waals surface area contributed by atoms with E-state index in [1.54, 1.807) is 7.11 Å². The van der Waals surface area contributed by atoms with Crippen LogP contribution in [0.4, 0.5) is 0 Å². The third-order valence-corrected chi connectivity index (χ3v) is 4.49. The standard InChI is InChI=1S/C16H30O2/c1-4-5-6-7-8-9-15(17)16(18-3)12-10-14(2)11-13-16/h14H,4-13H2,1-3H3. The van der Waals surface area contributed by atoms with Crippen molar-refractivity contribution in [3.63, 3.8) is 0 Å². The van der Waals surface area contributed by atoms with E-state index in [4.69, 9.17) is 4.74 Å². The van der Waals surface area contributed by atoms with Crippen molar-refractivity contribution in [2.45, 2.75) is 83.7 Å². The van der Waals surface area contributed by atoms with Gasteiger partial charge in [-0.1, -0.05) is 39.5 Å². The lowest BCUT2D eigenvalue weighted by atomic mass is 9.76. The molecule has 18 heavy (non-hydrogen) atoms. The van der Waals surface area contributed by atoms with Crippen LogP contribution in [0, 0.1) is 5.92 Å². The molecule has 2 heteroatoms. The minimum atomic E-state index is -0.433. The van der Waals surface area contributed by atoms with Crippen molar-refractivity contribution in [1.29, 1.82) is 0 Å². The van der Waals surface area contributed by atoms with Gasteiger partial charge in [0.05, 0.1) is 0 Å². The van der Waals surface area contributed by atoms with Crippen molar-refractivity contribution in [3.05, 3.63) is 0 Å². The van der Waals surface area contributed by atoms with Gasteiger partial charge in [0.25, 0.3) is 0 Å². The predicted octanol–water partition coefficient (Wildman–Crippen LogP) is 4.51. The summed E-state index contributed by atoms with van der Waals surface area (Å²) >= 11 is 0. The van der Waals surface area contributed by atoms with Gasteiger partial charge in [0, 0.05) is 13.5 Å². The highest BCUT2D eigenvalue weighted by Crippen LogP contribution is 2.36. The average molecular weight is 254 g/mol. The van der Waals surface area contributed by atoms with Crippen molar-refractivity contribution in [3.8, 4) is 0 Å². The number of hydrogen-bond acceptors (Lipinski definition) is 2. The van der Waals surface area contributed by atoms with Crippen molar-refractivity contribution in [2.75, 3.05) is 7.11 Å². The first-order valence-electron chi connectivity index (χ1n) is 7.73. The molecule has 1 saturated carbocycles. The number of carbonyl (C=O) groups excluding carboxylic acids is 1. The minimum Gasteiger partial charge on any atom is -0.370 e. The number of ether oxygens (including phenoxy) is 1. The van der Waals surface area contributed by atoms with Crippen LogP contribution in [0.3, 0.4) is 0 Å². The monoisotopic (exact) mass is 254 g/mol. The number of Topliss-reactive ketones (excluding diaryl/α,β-unsaturated/α-hetero) is 1. The maximum absolute atomic E-state index is 12.4. The zero-order valence-electron chi connectivity index (χ0n) is 12.5. The van der Waals surface area contributed by atoms with Crippen molar-refractivity contribution >= 4 is 5.78 Å². The minimum absolute atomic E-state index is 0.355. The van der Waals surface area contributed by atoms with Gasteiger partial charge < -0.3 is 4.74 Å². The van der Waals surface area contributed by atoms with Crippen molar-refractivity contribution in [1.82, 2.24) is 0 Å². The topological polar surface area (TPSA) is 26.3 Å². The summed E-state index contributed by atoms with van der Waals surface area (Å²) in [6, 6.07) is 0. The number of unbranched alkanes of at least 4 members (excludes halogenated alkanes) is 4. The molecule has 0 aromatic rings. The Morgan fingerprint density at radius 1 is 1.17 bits per heavy atom. The average Bonchev–Trinajstić information content (AvgIpc) is 2.39. The van der Waals surface area contributed by atoms with Crippen LogP contribution in [0.5, 0.6) is 0 Å². The Morgan fingerprint density at radius 2 is 1.78 bits per heavy atom. The van der Waals surface area contributed by atoms with Gasteiger partial charge in [0.15, 0.2) is 5.78 Å². The van der Waals surface area contributed by atoms with Gasteiger partial charge >= 0.3 is 0 Å². The Labute approximate surface area is 112 Å². The van der Waals surface area contributed by atoms with E-state index >= 15 is 0 Å². The molecule has 0 saturated heterocycles. The van der Waals surface area contributed by atoms with Gasteiger partial charge in [0.2, 0.25) is 0 Å². The Bertz CT molecular complexity index is 239. The van der Waals surface area contributed by atoms with Crippen LogP contribution in [-0.4, -0.2) is 18.5 Å². The fourth-order valence-corrected chi connectivity index (χ4v) is 2.94. The lowest BCUT2D eigenvalue weighted by molar-refractivity contribution is -0.146. The van der Waals surface area contributed by atoms with Crippen LogP contribution in [0.2, 0.25) is 0 Å². The first-order valence-corrected chi connectivity index (χ1v) is 7.73. The second-order valence-corrected chi connectivity index (χ2v) is 5.97. The summed E-state index contributed by atoms with van der Waals surface area (Å²) in [6.07, 6.45) is 10.9. The summed E-state index contributed by atoms with van der Waals surface area (Å²) in [5.41, 5.74) is -0.433. The van der Waals surface area contributed by atoms with Gasteiger partial charge in [-0.15, -0.1) is 0 Å². The van der Waals surface area contributed by atoms with E-state index in [9.17, 15) is 4.79 Å². The largest absolute Gasteiger partial charge is 0.370 e. The molecule has 1 aliphatic rings. The molecule has 0 aliphatic heterocycles. The summed E-state index contributed by atoms with van der Waals surface area (Å²) < 4.78 is 5.62. The van der Waals surface area contributed by atoms with Crippen molar-refractivity contribution < 1.29 is 9.53 Å². The highest BCUT2D eigenvalue weighted by Gasteiger charge is 2.40. The Morgan fingerprint density at radius 3 is 2.33 bits per heavy atom. The van der Waals surface area contributed by atoms with E-state index in [1.807, 2.05) is 0 Å². The van der Waals surface area contributed by atoms with Gasteiger partial charge in [0.1, 0.15) is 5.60 Å². The third-order valence-electron chi connectivity index (χ3n) is 4.49. The Balaban J connectivity index is 2.33. The van der Waals surface area contributed by atoms with E-state index in [-0.39, 0.29) is 0 Å². The highest BCUT2D eigenvalue weighted by atomic mass is 16.5. The second kappa shape index (κ2) is 7.93. The van der Waals surface area contributed by atoms with E-state index in [1.165, 1.54) is 25.7 Å². The summed E-state index contributed by atoms with van der Waals surface area (Å²) in [7, 11) is 1.71. The molecule has 1 fully saturated rings. The summed E-state index contributed by atoms with van der Waals surface area (Å²) in [5.74, 6) is 1.11. The molecular weight excluding hydrogens is 224 g/mol. The highest BCUT2D eigenvalue weighted by molar-refractivity contribution is 5.87. The maximum atomic E-state index is 12.4. The van der Waals surface area contributed by atoms with E-state index in [0.717, 1.165) is 38.0 Å².